The van der Waals surface area contributed by atoms with E-state index < -0.39 is 17.5 Å². The highest BCUT2D eigenvalue weighted by Gasteiger charge is 2.50. The zero-order chi connectivity index (χ0) is 16.9. The Hall–Kier alpha value is -2.44. The van der Waals surface area contributed by atoms with E-state index in [-0.39, 0.29) is 12.6 Å². The summed E-state index contributed by atoms with van der Waals surface area (Å²) in [6.45, 7) is 2.32. The molecule has 2 heterocycles. The number of aliphatic carboxylic acids is 1. The van der Waals surface area contributed by atoms with E-state index in [4.69, 9.17) is 4.74 Å². The molecule has 2 N–H and O–H groups in total. The molecular weight excluding hydrogens is 300 g/mol. The number of allylic oxidation sites excluding steroid dienone is 2. The lowest BCUT2D eigenvalue weighted by molar-refractivity contribution is -0.143. The van der Waals surface area contributed by atoms with E-state index in [2.05, 4.69) is 0 Å². The van der Waals surface area contributed by atoms with Crippen molar-refractivity contribution in [2.24, 2.45) is 5.41 Å². The van der Waals surface area contributed by atoms with Gasteiger partial charge in [-0.1, -0.05) is 6.08 Å². The van der Waals surface area contributed by atoms with Crippen LogP contribution in [0.1, 0.15) is 13.3 Å². The number of ether oxygens (including phenoxy) is 1. The van der Waals surface area contributed by atoms with Crippen LogP contribution < -0.4 is 0 Å². The Morgan fingerprint density at radius 2 is 2.09 bits per heavy atom. The molecule has 1 amide bonds. The smallest absolute Gasteiger partial charge is 0.407 e. The molecule has 2 unspecified atom stereocenters. The van der Waals surface area contributed by atoms with Crippen LogP contribution in [0.25, 0.3) is 0 Å². The Kier molecular flexibility index (Phi) is 3.39. The monoisotopic (exact) mass is 320 g/mol. The largest absolute Gasteiger partial charge is 0.495 e. The number of likely N-dealkylation sites (N-methyl/N-ethyl adjacent to an activating group) is 1. The highest BCUT2D eigenvalue weighted by atomic mass is 16.5. The van der Waals surface area contributed by atoms with Gasteiger partial charge in [-0.25, -0.2) is 4.79 Å². The topological polar surface area (TPSA) is 90.3 Å². The van der Waals surface area contributed by atoms with Crippen LogP contribution in [0, 0.1) is 5.41 Å². The summed E-state index contributed by atoms with van der Waals surface area (Å²) in [6.07, 6.45) is 2.97. The molecule has 7 heteroatoms. The molecule has 0 aromatic carbocycles. The van der Waals surface area contributed by atoms with Gasteiger partial charge in [0.05, 0.1) is 18.8 Å². The maximum atomic E-state index is 11.9. The fraction of sp³-hybridized carbons (Fsp3) is 0.500. The second-order valence-corrected chi connectivity index (χ2v) is 6.28. The van der Waals surface area contributed by atoms with Gasteiger partial charge in [-0.2, -0.15) is 0 Å². The molecular formula is C16H20N2O5. The number of nitrogens with zero attached hydrogens (tertiary/aromatic N) is 2. The maximum absolute atomic E-state index is 11.9. The van der Waals surface area contributed by atoms with E-state index in [1.807, 2.05) is 11.9 Å². The summed E-state index contributed by atoms with van der Waals surface area (Å²) in [7, 11) is 3.46. The molecule has 0 aromatic rings. The van der Waals surface area contributed by atoms with Crippen molar-refractivity contribution >= 4 is 12.1 Å². The highest BCUT2D eigenvalue weighted by Crippen LogP contribution is 2.50. The molecule has 2 atom stereocenters. The number of likely N-dealkylation sites (tertiary alicyclic amines) is 1. The predicted molar refractivity (Wildman–Crippen MR) is 81.7 cm³/mol. The third-order valence-electron chi connectivity index (χ3n) is 5.07. The van der Waals surface area contributed by atoms with Gasteiger partial charge in [0.25, 0.3) is 0 Å². The van der Waals surface area contributed by atoms with Crippen LogP contribution in [0.3, 0.4) is 0 Å². The normalized spacial score (nSPS) is 29.6. The second-order valence-electron chi connectivity index (χ2n) is 6.28. The van der Waals surface area contributed by atoms with Crippen LogP contribution in [0.5, 0.6) is 0 Å². The Labute approximate surface area is 134 Å². The van der Waals surface area contributed by atoms with Crippen LogP contribution >= 0.6 is 0 Å². The van der Waals surface area contributed by atoms with Gasteiger partial charge in [0.1, 0.15) is 11.2 Å². The molecule has 124 valence electrons. The standard InChI is InChI=1S/C16H20N2O5/c1-16(14(19)20)6-4-11(23-3)13-12(16)9-8-18(15(21)22)7-5-10(9)17(13)2/h4,6,10H,5,7-8H2,1-3H3,(H,19,20)(H,21,22). The average Bonchev–Trinajstić information content (AvgIpc) is 2.82. The van der Waals surface area contributed by atoms with Gasteiger partial charge in [0, 0.05) is 25.7 Å². The third-order valence-corrected chi connectivity index (χ3v) is 5.07. The van der Waals surface area contributed by atoms with Gasteiger partial charge >= 0.3 is 12.1 Å². The zero-order valence-electron chi connectivity index (χ0n) is 13.4. The van der Waals surface area contributed by atoms with Crippen molar-refractivity contribution in [2.75, 3.05) is 27.2 Å². The molecule has 7 nitrogen and oxygen atoms in total. The van der Waals surface area contributed by atoms with Crippen LogP contribution in [0.2, 0.25) is 0 Å². The minimum atomic E-state index is -1.18. The predicted octanol–water partition coefficient (Wildman–Crippen LogP) is 1.50. The number of rotatable bonds is 2. The third kappa shape index (κ3) is 2.03. The number of carboxylic acids is 1. The minimum absolute atomic E-state index is 0.0133. The Balaban J connectivity index is 2.20. The van der Waals surface area contributed by atoms with E-state index >= 15 is 0 Å². The molecule has 3 aliphatic rings. The van der Waals surface area contributed by atoms with Crippen molar-refractivity contribution in [3.05, 3.63) is 34.8 Å². The number of piperidine rings is 1. The molecule has 0 radical (unpaired) electrons. The number of hydrogen-bond acceptors (Lipinski definition) is 4. The van der Waals surface area contributed by atoms with Gasteiger partial charge in [-0.15, -0.1) is 0 Å². The SMILES string of the molecule is COC1=C2C(=C3CN(C(=O)O)CCC3N2C)C(C)(C(=O)O)C=C1. The summed E-state index contributed by atoms with van der Waals surface area (Å²) in [5, 5.41) is 19.0. The van der Waals surface area contributed by atoms with Gasteiger partial charge in [-0.05, 0) is 25.0 Å². The first-order valence-electron chi connectivity index (χ1n) is 7.46. The number of methoxy groups -OCH3 is 1. The Bertz CT molecular complexity index is 678. The molecule has 0 saturated carbocycles. The summed E-state index contributed by atoms with van der Waals surface area (Å²) >= 11 is 0. The number of hydrogen-bond donors (Lipinski definition) is 2. The van der Waals surface area contributed by atoms with Gasteiger partial charge in [0.15, 0.2) is 0 Å². The molecule has 0 bridgehead atoms. The van der Waals surface area contributed by atoms with E-state index in [9.17, 15) is 19.8 Å². The first kappa shape index (κ1) is 15.5. The number of amides is 1. The van der Waals surface area contributed by atoms with Crippen LogP contribution in [-0.4, -0.2) is 65.4 Å². The Morgan fingerprint density at radius 3 is 2.65 bits per heavy atom. The number of fused-ring (bicyclic) bond motifs is 2. The van der Waals surface area contributed by atoms with E-state index in [1.54, 1.807) is 26.2 Å². The van der Waals surface area contributed by atoms with Gasteiger partial charge in [-0.3, -0.25) is 4.79 Å². The average molecular weight is 320 g/mol. The molecule has 3 rings (SSSR count). The van der Waals surface area contributed by atoms with Crippen molar-refractivity contribution in [2.45, 2.75) is 19.4 Å². The lowest BCUT2D eigenvalue weighted by Gasteiger charge is -2.34. The van der Waals surface area contributed by atoms with Crippen molar-refractivity contribution in [3.8, 4) is 0 Å². The fourth-order valence-electron chi connectivity index (χ4n) is 3.79. The molecule has 2 aliphatic heterocycles. The summed E-state index contributed by atoms with van der Waals surface area (Å²) in [4.78, 5) is 26.6. The van der Waals surface area contributed by atoms with Crippen LogP contribution in [0.15, 0.2) is 34.8 Å². The van der Waals surface area contributed by atoms with E-state index in [0.717, 1.165) is 11.3 Å². The van der Waals surface area contributed by atoms with Gasteiger partial charge in [0.2, 0.25) is 0 Å². The van der Waals surface area contributed by atoms with Crippen LogP contribution in [-0.2, 0) is 9.53 Å². The number of carboxylic acid groups (broad SMARTS) is 2. The molecule has 1 saturated heterocycles. The van der Waals surface area contributed by atoms with Crippen molar-refractivity contribution < 1.29 is 24.5 Å². The molecule has 1 aliphatic carbocycles. The van der Waals surface area contributed by atoms with E-state index in [0.29, 0.717) is 24.3 Å². The maximum Gasteiger partial charge on any atom is 0.407 e. The molecule has 0 aromatic heterocycles. The first-order valence-corrected chi connectivity index (χ1v) is 7.46. The Morgan fingerprint density at radius 1 is 1.39 bits per heavy atom. The quantitative estimate of drug-likeness (QED) is 0.801. The minimum Gasteiger partial charge on any atom is -0.495 e. The van der Waals surface area contributed by atoms with Gasteiger partial charge < -0.3 is 24.7 Å². The zero-order valence-corrected chi connectivity index (χ0v) is 13.4. The van der Waals surface area contributed by atoms with Crippen molar-refractivity contribution in [1.82, 2.24) is 9.80 Å². The lowest BCUT2D eigenvalue weighted by Crippen LogP contribution is -2.44. The summed E-state index contributed by atoms with van der Waals surface area (Å²) in [5.41, 5.74) is 1.10. The summed E-state index contributed by atoms with van der Waals surface area (Å²) in [6, 6.07) is 0.0133. The second kappa shape index (κ2) is 5.04. The summed E-state index contributed by atoms with van der Waals surface area (Å²) < 4.78 is 5.42. The molecule has 23 heavy (non-hydrogen) atoms. The molecule has 1 fully saturated rings. The van der Waals surface area contributed by atoms with Crippen molar-refractivity contribution in [1.29, 1.82) is 0 Å². The first-order chi connectivity index (χ1) is 10.8. The molecule has 0 spiro atoms. The fourth-order valence-corrected chi connectivity index (χ4v) is 3.79. The highest BCUT2D eigenvalue weighted by molar-refractivity contribution is 5.85. The summed E-state index contributed by atoms with van der Waals surface area (Å²) in [5.74, 6) is -0.338. The number of carbonyl (C=O) groups is 2. The van der Waals surface area contributed by atoms with Crippen molar-refractivity contribution in [3.63, 3.8) is 0 Å². The van der Waals surface area contributed by atoms with Crippen LogP contribution in [0.4, 0.5) is 4.79 Å². The van der Waals surface area contributed by atoms with E-state index in [1.165, 1.54) is 4.90 Å². The lowest BCUT2D eigenvalue weighted by atomic mass is 9.75.